The topological polar surface area (TPSA) is 68.3 Å². The van der Waals surface area contributed by atoms with E-state index >= 15 is 0 Å². The van der Waals surface area contributed by atoms with Gasteiger partial charge in [0.05, 0.1) is 12.1 Å². The Morgan fingerprint density at radius 2 is 2.26 bits per heavy atom. The minimum atomic E-state index is 0.234. The Bertz CT molecular complexity index is 408. The molecule has 1 aromatic heterocycles. The van der Waals surface area contributed by atoms with Gasteiger partial charge in [-0.3, -0.25) is 0 Å². The van der Waals surface area contributed by atoms with E-state index in [1.54, 1.807) is 7.11 Å². The van der Waals surface area contributed by atoms with Crippen molar-refractivity contribution in [1.29, 1.82) is 0 Å². The molecule has 0 aliphatic carbocycles. The highest BCUT2D eigenvalue weighted by atomic mass is 16.5. The van der Waals surface area contributed by atoms with Crippen LogP contribution < -0.4 is 10.6 Å². The van der Waals surface area contributed by atoms with Gasteiger partial charge in [0, 0.05) is 26.8 Å². The van der Waals surface area contributed by atoms with E-state index < -0.39 is 0 Å². The maximum absolute atomic E-state index is 5.68. The number of hydrogen-bond donors (Lipinski definition) is 2. The maximum atomic E-state index is 5.68. The normalized spacial score (nSPS) is 20.3. The van der Waals surface area contributed by atoms with Crippen LogP contribution in [-0.4, -0.2) is 42.9 Å². The lowest BCUT2D eigenvalue weighted by molar-refractivity contribution is 0.0995. The van der Waals surface area contributed by atoms with Gasteiger partial charge >= 0.3 is 0 Å². The second-order valence-corrected chi connectivity index (χ2v) is 4.72. The molecule has 2 heterocycles. The summed E-state index contributed by atoms with van der Waals surface area (Å²) in [5.41, 5.74) is 0. The number of aromatic nitrogens is 2. The lowest BCUT2D eigenvalue weighted by Crippen LogP contribution is -2.30. The number of ether oxygens (including phenoxy) is 2. The summed E-state index contributed by atoms with van der Waals surface area (Å²) in [6.45, 7) is 3.38. The third-order valence-electron chi connectivity index (χ3n) is 3.20. The van der Waals surface area contributed by atoms with Gasteiger partial charge in [-0.2, -0.15) is 0 Å². The van der Waals surface area contributed by atoms with Crippen molar-refractivity contribution in [3.8, 4) is 0 Å². The standard InChI is InChI=1S/C13H22N4O2/c1-9(10-5-4-6-19-10)15-12-7-11(14-2)16-13(17-12)8-18-3/h7,9-10H,4-6,8H2,1-3H3,(H2,14,15,16,17). The molecule has 0 bridgehead atoms. The second-order valence-electron chi connectivity index (χ2n) is 4.72. The van der Waals surface area contributed by atoms with Crippen molar-refractivity contribution in [1.82, 2.24) is 9.97 Å². The number of methoxy groups -OCH3 is 1. The van der Waals surface area contributed by atoms with Crippen LogP contribution in [0.25, 0.3) is 0 Å². The van der Waals surface area contributed by atoms with Crippen molar-refractivity contribution in [3.63, 3.8) is 0 Å². The van der Waals surface area contributed by atoms with E-state index in [1.807, 2.05) is 13.1 Å². The van der Waals surface area contributed by atoms with Crippen LogP contribution in [0.5, 0.6) is 0 Å². The molecule has 2 atom stereocenters. The molecule has 1 aromatic rings. The third-order valence-corrected chi connectivity index (χ3v) is 3.20. The number of rotatable bonds is 6. The van der Waals surface area contributed by atoms with Gasteiger partial charge in [-0.15, -0.1) is 0 Å². The Morgan fingerprint density at radius 3 is 2.89 bits per heavy atom. The number of nitrogens with one attached hydrogen (secondary N) is 2. The molecule has 1 saturated heterocycles. The van der Waals surface area contributed by atoms with Gasteiger partial charge in [-0.05, 0) is 19.8 Å². The molecule has 0 aromatic carbocycles. The van der Waals surface area contributed by atoms with Crippen LogP contribution >= 0.6 is 0 Å². The van der Waals surface area contributed by atoms with E-state index in [0.717, 1.165) is 31.1 Å². The number of anilines is 2. The van der Waals surface area contributed by atoms with E-state index in [4.69, 9.17) is 9.47 Å². The fourth-order valence-electron chi connectivity index (χ4n) is 2.22. The molecular formula is C13H22N4O2. The van der Waals surface area contributed by atoms with Crippen molar-refractivity contribution >= 4 is 11.6 Å². The molecule has 2 N–H and O–H groups in total. The van der Waals surface area contributed by atoms with Crippen LogP contribution in [0, 0.1) is 0 Å². The first-order valence-electron chi connectivity index (χ1n) is 6.65. The summed E-state index contributed by atoms with van der Waals surface area (Å²) in [5.74, 6) is 2.25. The van der Waals surface area contributed by atoms with Crippen molar-refractivity contribution in [2.45, 2.75) is 38.5 Å². The molecule has 0 amide bonds. The Hall–Kier alpha value is -1.40. The molecule has 0 radical (unpaired) electrons. The molecule has 6 nitrogen and oxygen atoms in total. The van der Waals surface area contributed by atoms with E-state index in [2.05, 4.69) is 27.5 Å². The first-order valence-corrected chi connectivity index (χ1v) is 6.65. The van der Waals surface area contributed by atoms with Crippen molar-refractivity contribution in [2.24, 2.45) is 0 Å². The molecule has 19 heavy (non-hydrogen) atoms. The highest BCUT2D eigenvalue weighted by Gasteiger charge is 2.22. The summed E-state index contributed by atoms with van der Waals surface area (Å²) >= 11 is 0. The number of nitrogens with zero attached hydrogens (tertiary/aromatic N) is 2. The smallest absolute Gasteiger partial charge is 0.158 e. The Balaban J connectivity index is 2.07. The molecule has 0 saturated carbocycles. The molecular weight excluding hydrogens is 244 g/mol. The molecule has 0 spiro atoms. The molecule has 106 valence electrons. The van der Waals surface area contributed by atoms with Crippen LogP contribution in [-0.2, 0) is 16.1 Å². The lowest BCUT2D eigenvalue weighted by Gasteiger charge is -2.21. The lowest BCUT2D eigenvalue weighted by atomic mass is 10.1. The zero-order valence-electron chi connectivity index (χ0n) is 11.8. The summed E-state index contributed by atoms with van der Waals surface area (Å²) in [4.78, 5) is 8.77. The minimum absolute atomic E-state index is 0.234. The quantitative estimate of drug-likeness (QED) is 0.816. The van der Waals surface area contributed by atoms with Gasteiger partial charge in [0.1, 0.15) is 18.2 Å². The van der Waals surface area contributed by atoms with Crippen LogP contribution in [0.3, 0.4) is 0 Å². The average molecular weight is 266 g/mol. The summed E-state index contributed by atoms with van der Waals surface area (Å²) in [7, 11) is 3.48. The fraction of sp³-hybridized carbons (Fsp3) is 0.692. The van der Waals surface area contributed by atoms with Gasteiger partial charge in [0.2, 0.25) is 0 Å². The van der Waals surface area contributed by atoms with Gasteiger partial charge in [-0.1, -0.05) is 0 Å². The summed E-state index contributed by atoms with van der Waals surface area (Å²) in [6, 6.07) is 2.13. The molecule has 1 fully saturated rings. The van der Waals surface area contributed by atoms with Crippen LogP contribution in [0.15, 0.2) is 6.07 Å². The fourth-order valence-corrected chi connectivity index (χ4v) is 2.22. The zero-order chi connectivity index (χ0) is 13.7. The zero-order valence-corrected chi connectivity index (χ0v) is 11.8. The summed E-state index contributed by atoms with van der Waals surface area (Å²) in [6.07, 6.45) is 2.50. The van der Waals surface area contributed by atoms with Crippen LogP contribution in [0.1, 0.15) is 25.6 Å². The maximum Gasteiger partial charge on any atom is 0.158 e. The van der Waals surface area contributed by atoms with Crippen molar-refractivity contribution < 1.29 is 9.47 Å². The first-order chi connectivity index (χ1) is 9.22. The molecule has 1 aliphatic rings. The average Bonchev–Trinajstić information content (AvgIpc) is 2.92. The first kappa shape index (κ1) is 14.0. The Labute approximate surface area is 113 Å². The van der Waals surface area contributed by atoms with E-state index in [-0.39, 0.29) is 12.1 Å². The molecule has 6 heteroatoms. The summed E-state index contributed by atoms with van der Waals surface area (Å²) in [5, 5.41) is 6.42. The van der Waals surface area contributed by atoms with Crippen LogP contribution in [0.2, 0.25) is 0 Å². The highest BCUT2D eigenvalue weighted by molar-refractivity contribution is 5.47. The van der Waals surface area contributed by atoms with Gasteiger partial charge in [-0.25, -0.2) is 9.97 Å². The third kappa shape index (κ3) is 3.78. The molecule has 2 unspecified atom stereocenters. The van der Waals surface area contributed by atoms with Gasteiger partial charge in [0.25, 0.3) is 0 Å². The predicted molar refractivity (Wildman–Crippen MR) is 74.4 cm³/mol. The Kier molecular flexibility index (Phi) is 4.93. The SMILES string of the molecule is CNc1cc(NC(C)C2CCCO2)nc(COC)n1. The Morgan fingerprint density at radius 1 is 1.47 bits per heavy atom. The number of hydrogen-bond acceptors (Lipinski definition) is 6. The largest absolute Gasteiger partial charge is 0.377 e. The van der Waals surface area contributed by atoms with Crippen molar-refractivity contribution in [3.05, 3.63) is 11.9 Å². The second kappa shape index (κ2) is 6.68. The van der Waals surface area contributed by atoms with E-state index in [9.17, 15) is 0 Å². The minimum Gasteiger partial charge on any atom is -0.377 e. The van der Waals surface area contributed by atoms with E-state index in [0.29, 0.717) is 12.4 Å². The van der Waals surface area contributed by atoms with Crippen molar-refractivity contribution in [2.75, 3.05) is 31.4 Å². The van der Waals surface area contributed by atoms with E-state index in [1.165, 1.54) is 0 Å². The predicted octanol–water partition coefficient (Wildman–Crippen LogP) is 1.64. The molecule has 1 aliphatic heterocycles. The monoisotopic (exact) mass is 266 g/mol. The van der Waals surface area contributed by atoms with Gasteiger partial charge in [0.15, 0.2) is 5.82 Å². The summed E-state index contributed by atoms with van der Waals surface area (Å²) < 4.78 is 10.8. The van der Waals surface area contributed by atoms with Crippen LogP contribution in [0.4, 0.5) is 11.6 Å². The van der Waals surface area contributed by atoms with Gasteiger partial charge < -0.3 is 20.1 Å². The highest BCUT2D eigenvalue weighted by Crippen LogP contribution is 2.19. The molecule has 2 rings (SSSR count).